The topological polar surface area (TPSA) is 240 Å². The van der Waals surface area contributed by atoms with Crippen LogP contribution in [-0.2, 0) is 24.0 Å². The minimum Gasteiger partial charge on any atom is -0.480 e. The van der Waals surface area contributed by atoms with E-state index in [0.29, 0.717) is 19.4 Å². The number of aliphatic carboxylic acids is 1. The van der Waals surface area contributed by atoms with Gasteiger partial charge in [-0.1, -0.05) is 0 Å². The first-order chi connectivity index (χ1) is 14.4. The summed E-state index contributed by atoms with van der Waals surface area (Å²) in [5.74, 6) is -4.27. The van der Waals surface area contributed by atoms with Gasteiger partial charge in [-0.2, -0.15) is 0 Å². The number of nitrogens with one attached hydrogen (secondary N) is 3. The lowest BCUT2D eigenvalue weighted by Crippen LogP contribution is -2.59. The van der Waals surface area contributed by atoms with Crippen molar-refractivity contribution in [3.63, 3.8) is 0 Å². The smallest absolute Gasteiger partial charge is 0.326 e. The number of carboxylic acids is 1. The van der Waals surface area contributed by atoms with Crippen LogP contribution in [0, 0.1) is 0 Å². The van der Waals surface area contributed by atoms with Crippen LogP contribution in [0.15, 0.2) is 0 Å². The molecule has 0 aliphatic rings. The predicted molar refractivity (Wildman–Crippen MR) is 110 cm³/mol. The number of nitrogens with two attached hydrogens (primary N) is 3. The van der Waals surface area contributed by atoms with E-state index < -0.39 is 59.9 Å². The third kappa shape index (κ3) is 11.3. The van der Waals surface area contributed by atoms with E-state index in [2.05, 4.69) is 16.0 Å². The molecule has 178 valence electrons. The van der Waals surface area contributed by atoms with E-state index in [4.69, 9.17) is 17.2 Å². The summed E-state index contributed by atoms with van der Waals surface area (Å²) in [7, 11) is 0. The zero-order valence-corrected chi connectivity index (χ0v) is 17.8. The SMILES string of the molecule is CC(NC(=O)C(N)CCC(N)=O)C(=O)NC(C(=O)NC(CCCCN)C(=O)O)C(C)O. The molecule has 5 atom stereocenters. The zero-order chi connectivity index (χ0) is 24.1. The molecule has 13 nitrogen and oxygen atoms in total. The summed E-state index contributed by atoms with van der Waals surface area (Å²) in [4.78, 5) is 58.9. The summed E-state index contributed by atoms with van der Waals surface area (Å²) in [6, 6.07) is -4.85. The standard InChI is InChI=1S/C18H34N6O7/c1-9(22-16(28)11(20)6-7-13(21)26)15(27)24-14(10(2)25)17(29)23-12(18(30)31)5-3-4-8-19/h9-12,14,25H,3-8,19-20H2,1-2H3,(H2,21,26)(H,22,28)(H,23,29)(H,24,27)(H,30,31). The quantitative estimate of drug-likeness (QED) is 0.117. The highest BCUT2D eigenvalue weighted by molar-refractivity contribution is 5.94. The van der Waals surface area contributed by atoms with Crippen molar-refractivity contribution in [1.82, 2.24) is 16.0 Å². The lowest BCUT2D eigenvalue weighted by atomic mass is 10.1. The largest absolute Gasteiger partial charge is 0.480 e. The molecule has 0 fully saturated rings. The van der Waals surface area contributed by atoms with Gasteiger partial charge in [-0.05, 0) is 46.1 Å². The fourth-order valence-corrected chi connectivity index (χ4v) is 2.51. The van der Waals surface area contributed by atoms with Gasteiger partial charge in [0.15, 0.2) is 0 Å². The van der Waals surface area contributed by atoms with Crippen LogP contribution in [0.3, 0.4) is 0 Å². The third-order valence-electron chi connectivity index (χ3n) is 4.41. The molecular formula is C18H34N6O7. The molecule has 0 aliphatic carbocycles. The lowest BCUT2D eigenvalue weighted by Gasteiger charge is -2.25. The molecule has 31 heavy (non-hydrogen) atoms. The molecule has 0 saturated carbocycles. The second kappa shape index (κ2) is 14.3. The van der Waals surface area contributed by atoms with Crippen molar-refractivity contribution < 1.29 is 34.2 Å². The summed E-state index contributed by atoms with van der Waals surface area (Å²) in [6.07, 6.45) is -0.269. The molecule has 0 heterocycles. The predicted octanol–water partition coefficient (Wildman–Crippen LogP) is -3.35. The summed E-state index contributed by atoms with van der Waals surface area (Å²) < 4.78 is 0. The average molecular weight is 447 g/mol. The highest BCUT2D eigenvalue weighted by atomic mass is 16.4. The van der Waals surface area contributed by atoms with Crippen molar-refractivity contribution in [3.05, 3.63) is 0 Å². The van der Waals surface area contributed by atoms with Crippen molar-refractivity contribution in [3.8, 4) is 0 Å². The van der Waals surface area contributed by atoms with Gasteiger partial charge >= 0.3 is 5.97 Å². The third-order valence-corrected chi connectivity index (χ3v) is 4.41. The maximum Gasteiger partial charge on any atom is 0.326 e. The first kappa shape index (κ1) is 28.2. The summed E-state index contributed by atoms with van der Waals surface area (Å²) in [6.45, 7) is 2.96. The van der Waals surface area contributed by atoms with Gasteiger partial charge in [0, 0.05) is 6.42 Å². The Labute approximate surface area is 180 Å². The van der Waals surface area contributed by atoms with E-state index in [0.717, 1.165) is 0 Å². The van der Waals surface area contributed by atoms with E-state index in [1.54, 1.807) is 0 Å². The molecule has 0 aromatic heterocycles. The Kier molecular flexibility index (Phi) is 13.0. The number of carboxylic acid groups (broad SMARTS) is 1. The summed E-state index contributed by atoms with van der Waals surface area (Å²) in [5, 5.41) is 26.0. The molecule has 0 aromatic rings. The number of primary amides is 1. The normalized spacial score (nSPS) is 15.6. The Morgan fingerprint density at radius 2 is 1.52 bits per heavy atom. The number of aliphatic hydroxyl groups is 1. The number of carbonyl (C=O) groups is 5. The molecule has 0 aromatic carbocycles. The maximum absolute atomic E-state index is 12.4. The van der Waals surface area contributed by atoms with Gasteiger partial charge in [0.2, 0.25) is 23.6 Å². The van der Waals surface area contributed by atoms with Gasteiger partial charge in [-0.25, -0.2) is 4.79 Å². The van der Waals surface area contributed by atoms with Gasteiger partial charge in [-0.15, -0.1) is 0 Å². The number of carbonyl (C=O) groups excluding carboxylic acids is 4. The summed E-state index contributed by atoms with van der Waals surface area (Å²) in [5.41, 5.74) is 16.0. The van der Waals surface area contributed by atoms with Crippen molar-refractivity contribution in [2.24, 2.45) is 17.2 Å². The first-order valence-electron chi connectivity index (χ1n) is 9.96. The minimum absolute atomic E-state index is 0.00502. The van der Waals surface area contributed by atoms with Crippen LogP contribution in [-0.4, -0.2) is 76.6 Å². The van der Waals surface area contributed by atoms with E-state index in [1.807, 2.05) is 0 Å². The van der Waals surface area contributed by atoms with Gasteiger partial charge in [0.25, 0.3) is 0 Å². The van der Waals surface area contributed by atoms with E-state index in [1.165, 1.54) is 13.8 Å². The molecule has 0 bridgehead atoms. The molecule has 0 radical (unpaired) electrons. The Bertz CT molecular complexity index is 643. The molecule has 0 aliphatic heterocycles. The van der Waals surface area contributed by atoms with Crippen LogP contribution in [0.25, 0.3) is 0 Å². The number of unbranched alkanes of at least 4 members (excludes halogenated alkanes) is 1. The Hall–Kier alpha value is -2.77. The van der Waals surface area contributed by atoms with Crippen LogP contribution < -0.4 is 33.2 Å². The van der Waals surface area contributed by atoms with Crippen molar-refractivity contribution in [2.45, 2.75) is 76.2 Å². The highest BCUT2D eigenvalue weighted by Gasteiger charge is 2.31. The monoisotopic (exact) mass is 446 g/mol. The second-order valence-electron chi connectivity index (χ2n) is 7.25. The van der Waals surface area contributed by atoms with Crippen LogP contribution in [0.4, 0.5) is 0 Å². The lowest BCUT2D eigenvalue weighted by molar-refractivity contribution is -0.143. The van der Waals surface area contributed by atoms with Crippen molar-refractivity contribution in [2.75, 3.05) is 6.54 Å². The number of rotatable bonds is 15. The van der Waals surface area contributed by atoms with Gasteiger partial charge in [0.05, 0.1) is 12.1 Å². The molecule has 0 spiro atoms. The Morgan fingerprint density at radius 3 is 2.00 bits per heavy atom. The van der Waals surface area contributed by atoms with Crippen molar-refractivity contribution in [1.29, 1.82) is 0 Å². The number of amides is 4. The Morgan fingerprint density at radius 1 is 0.903 bits per heavy atom. The van der Waals surface area contributed by atoms with E-state index >= 15 is 0 Å². The Balaban J connectivity index is 4.93. The molecule has 5 unspecified atom stereocenters. The number of hydrogen-bond donors (Lipinski definition) is 8. The molecule has 0 saturated heterocycles. The molecule has 11 N–H and O–H groups in total. The fraction of sp³-hybridized carbons (Fsp3) is 0.722. The first-order valence-corrected chi connectivity index (χ1v) is 9.96. The minimum atomic E-state index is -1.45. The molecule has 13 heteroatoms. The van der Waals surface area contributed by atoms with Gasteiger partial charge in [-0.3, -0.25) is 19.2 Å². The van der Waals surface area contributed by atoms with E-state index in [9.17, 15) is 34.2 Å². The summed E-state index contributed by atoms with van der Waals surface area (Å²) >= 11 is 0. The molecular weight excluding hydrogens is 412 g/mol. The van der Waals surface area contributed by atoms with Crippen molar-refractivity contribution >= 4 is 29.6 Å². The van der Waals surface area contributed by atoms with Gasteiger partial charge in [0.1, 0.15) is 18.1 Å². The fourth-order valence-electron chi connectivity index (χ4n) is 2.51. The van der Waals surface area contributed by atoms with Crippen LogP contribution in [0.5, 0.6) is 0 Å². The molecule has 0 rings (SSSR count). The maximum atomic E-state index is 12.4. The van der Waals surface area contributed by atoms with Crippen LogP contribution in [0.1, 0.15) is 46.0 Å². The average Bonchev–Trinajstić information content (AvgIpc) is 2.68. The van der Waals surface area contributed by atoms with Crippen LogP contribution in [0.2, 0.25) is 0 Å². The second-order valence-corrected chi connectivity index (χ2v) is 7.25. The van der Waals surface area contributed by atoms with E-state index in [-0.39, 0.29) is 19.3 Å². The number of aliphatic hydroxyl groups excluding tert-OH is 1. The number of hydrogen-bond acceptors (Lipinski definition) is 8. The van der Waals surface area contributed by atoms with Crippen LogP contribution >= 0.6 is 0 Å². The van der Waals surface area contributed by atoms with Gasteiger partial charge < -0.3 is 43.4 Å². The highest BCUT2D eigenvalue weighted by Crippen LogP contribution is 2.03. The molecule has 4 amide bonds. The zero-order valence-electron chi connectivity index (χ0n) is 17.8.